The van der Waals surface area contributed by atoms with Crippen molar-refractivity contribution >= 4 is 33.7 Å². The van der Waals surface area contributed by atoms with Crippen LogP contribution in [0.15, 0.2) is 24.3 Å². The summed E-state index contributed by atoms with van der Waals surface area (Å²) in [5.74, 6) is 2.64. The monoisotopic (exact) mass is 669 g/mol. The van der Waals surface area contributed by atoms with Gasteiger partial charge in [-0.1, -0.05) is 12.0 Å². The highest BCUT2D eigenvalue weighted by Gasteiger charge is 2.50. The number of piperidine rings is 1. The largest absolute Gasteiger partial charge is 0.508 e. The molecule has 5 fully saturated rings. The van der Waals surface area contributed by atoms with E-state index < -0.39 is 12.0 Å². The highest BCUT2D eigenvalue weighted by molar-refractivity contribution is 5.95. The third-order valence-corrected chi connectivity index (χ3v) is 11.3. The number of alkyl halides is 1. The molecule has 2 aromatic heterocycles. The molecule has 49 heavy (non-hydrogen) atoms. The van der Waals surface area contributed by atoms with Crippen molar-refractivity contribution in [3.8, 4) is 35.9 Å². The number of phenols is 1. The molecule has 2 aromatic carbocycles. The van der Waals surface area contributed by atoms with Crippen molar-refractivity contribution in [1.29, 1.82) is 0 Å². The molecule has 4 aromatic rings. The van der Waals surface area contributed by atoms with E-state index in [1.54, 1.807) is 6.07 Å². The van der Waals surface area contributed by atoms with Crippen molar-refractivity contribution in [2.24, 2.45) is 0 Å². The maximum Gasteiger partial charge on any atom is 0.320 e. The number of fused-ring (bicyclic) bond motifs is 3. The zero-order valence-electron chi connectivity index (χ0n) is 27.1. The number of carbonyl (C=O) groups is 1. The lowest BCUT2D eigenvalue weighted by molar-refractivity contribution is -0.133. The van der Waals surface area contributed by atoms with Crippen LogP contribution in [0.25, 0.3) is 21.9 Å². The minimum Gasteiger partial charge on any atom is -0.508 e. The number of rotatable bonds is 7. The highest BCUT2D eigenvalue weighted by Crippen LogP contribution is 2.45. The second-order valence-electron chi connectivity index (χ2n) is 14.5. The molecule has 1 amide bonds. The molecular weight excluding hydrogens is 632 g/mol. The van der Waals surface area contributed by atoms with Gasteiger partial charge in [0.05, 0.1) is 23.1 Å². The summed E-state index contributed by atoms with van der Waals surface area (Å²) in [6.07, 6.45) is 12.1. The molecule has 1 unspecified atom stereocenters. The Bertz CT molecular complexity index is 2050. The molecule has 3 atom stereocenters. The topological polar surface area (TPSA) is 118 Å². The lowest BCUT2D eigenvalue weighted by Crippen LogP contribution is -2.68. The Balaban J connectivity index is 1.17. The summed E-state index contributed by atoms with van der Waals surface area (Å²) in [7, 11) is 0. The number of halogens is 2. The normalized spacial score (nSPS) is 26.8. The average molecular weight is 670 g/mol. The van der Waals surface area contributed by atoms with Crippen molar-refractivity contribution in [3.05, 3.63) is 35.6 Å². The second kappa shape index (κ2) is 11.2. The van der Waals surface area contributed by atoms with Crippen LogP contribution >= 0.6 is 0 Å². The Morgan fingerprint density at radius 3 is 2.73 bits per heavy atom. The van der Waals surface area contributed by atoms with Crippen LogP contribution in [-0.2, 0) is 4.79 Å². The summed E-state index contributed by atoms with van der Waals surface area (Å²) < 4.78 is 44.4. The van der Waals surface area contributed by atoms with Crippen LogP contribution in [0.3, 0.4) is 0 Å². The average Bonchev–Trinajstić information content (AvgIpc) is 3.68. The first-order chi connectivity index (χ1) is 23.7. The first kappa shape index (κ1) is 30.4. The van der Waals surface area contributed by atoms with E-state index in [4.69, 9.17) is 30.8 Å². The number of aromatic hydroxyl groups is 1. The molecule has 0 radical (unpaired) electrons. The van der Waals surface area contributed by atoms with Crippen LogP contribution in [0.5, 0.6) is 23.5 Å². The molecule has 0 bridgehead atoms. The number of ether oxygens (including phenoxy) is 2. The van der Waals surface area contributed by atoms with Gasteiger partial charge >= 0.3 is 12.0 Å². The number of nitrogens with zero attached hydrogens (tertiary/aromatic N) is 6. The summed E-state index contributed by atoms with van der Waals surface area (Å²) in [4.78, 5) is 31.1. The van der Waals surface area contributed by atoms with Gasteiger partial charge in [-0.05, 0) is 69.0 Å². The van der Waals surface area contributed by atoms with Gasteiger partial charge in [0.15, 0.2) is 11.5 Å². The van der Waals surface area contributed by atoms with Gasteiger partial charge in [0.25, 0.3) is 0 Å². The lowest BCUT2D eigenvalue weighted by Gasteiger charge is -2.49. The fourth-order valence-electron chi connectivity index (χ4n) is 8.78. The zero-order chi connectivity index (χ0) is 33.5. The van der Waals surface area contributed by atoms with Crippen LogP contribution < -0.4 is 19.7 Å². The van der Waals surface area contributed by atoms with E-state index in [0.717, 1.165) is 51.5 Å². The number of nitrogens with one attached hydrogen (secondary N) is 1. The molecule has 13 heteroatoms. The molecule has 6 heterocycles. The Labute approximate surface area is 281 Å². The minimum absolute atomic E-state index is 0.0268. The van der Waals surface area contributed by atoms with Crippen LogP contribution in [0.2, 0.25) is 0 Å². The van der Waals surface area contributed by atoms with E-state index in [9.17, 15) is 18.7 Å². The standard InChI is InChI=1S/C36H37F2N7O4/c1-2-25-26(38)9-8-21-14-24(46)15-27(29(21)25)49-34-40-31-30(45(34)23-6-3-7-23)32(43-12-4-10-35(19-43)17-28(47)42-35)41-33(39-31)48-20-36-11-5-13-44(36)18-22(37)16-36/h1,8-9,14-15,22-23,46H,3-7,10-13,16-20H2,(H,42,47)/t22-,35?,36+/m1/s1. The summed E-state index contributed by atoms with van der Waals surface area (Å²) >= 11 is 0. The molecule has 5 aliphatic rings. The summed E-state index contributed by atoms with van der Waals surface area (Å²) in [5.41, 5.74) is 0.353. The van der Waals surface area contributed by atoms with Gasteiger partial charge in [0, 0.05) is 43.5 Å². The predicted octanol–water partition coefficient (Wildman–Crippen LogP) is 5.14. The van der Waals surface area contributed by atoms with E-state index in [1.807, 2.05) is 4.57 Å². The van der Waals surface area contributed by atoms with Crippen LogP contribution in [0.1, 0.15) is 69.4 Å². The second-order valence-corrected chi connectivity index (χ2v) is 14.5. The number of β-lactam (4-membered cyclic amide) rings is 1. The van der Waals surface area contributed by atoms with Crippen molar-refractivity contribution in [2.45, 2.75) is 81.1 Å². The van der Waals surface area contributed by atoms with Gasteiger partial charge < -0.3 is 24.8 Å². The Hall–Kier alpha value is -4.70. The number of hydrogen-bond donors (Lipinski definition) is 2. The lowest BCUT2D eigenvalue weighted by atomic mass is 9.80. The number of terminal acetylenes is 1. The molecule has 1 spiro atoms. The van der Waals surface area contributed by atoms with Gasteiger partial charge in [-0.25, -0.2) is 8.78 Å². The summed E-state index contributed by atoms with van der Waals surface area (Å²) in [6.45, 7) is 2.80. The van der Waals surface area contributed by atoms with Crippen molar-refractivity contribution in [1.82, 2.24) is 29.7 Å². The van der Waals surface area contributed by atoms with Gasteiger partial charge in [-0.2, -0.15) is 15.0 Å². The fourth-order valence-corrected chi connectivity index (χ4v) is 8.78. The maximum absolute atomic E-state index is 14.9. The number of imidazole rings is 1. The number of anilines is 1. The van der Waals surface area contributed by atoms with Crippen molar-refractivity contribution in [2.75, 3.05) is 37.7 Å². The SMILES string of the molecule is C#Cc1c(F)ccc2cc(O)cc(Oc3nc4nc(OC[C@@]56CCCN5C[C@H](F)C6)nc(N5CCCC6(CC(=O)N6)C5)c4n3C3CCC3)c12. The summed E-state index contributed by atoms with van der Waals surface area (Å²) in [5, 5.41) is 14.6. The molecule has 4 saturated heterocycles. The number of phenolic OH excluding ortho intramolecular Hbond substituents is 1. The van der Waals surface area contributed by atoms with E-state index in [1.165, 1.54) is 18.2 Å². The number of hydrogen-bond acceptors (Lipinski definition) is 9. The van der Waals surface area contributed by atoms with Crippen LogP contribution in [-0.4, -0.2) is 85.5 Å². The predicted molar refractivity (Wildman–Crippen MR) is 177 cm³/mol. The van der Waals surface area contributed by atoms with Crippen molar-refractivity contribution < 1.29 is 28.2 Å². The molecular formula is C36H37F2N7O4. The molecule has 4 aliphatic heterocycles. The van der Waals surface area contributed by atoms with E-state index in [-0.39, 0.29) is 58.7 Å². The molecule has 2 N–H and O–H groups in total. The van der Waals surface area contributed by atoms with Crippen molar-refractivity contribution in [3.63, 3.8) is 0 Å². The zero-order valence-corrected chi connectivity index (χ0v) is 27.1. The fraction of sp³-hybridized carbons (Fsp3) is 0.500. The first-order valence-electron chi connectivity index (χ1n) is 17.2. The third-order valence-electron chi connectivity index (χ3n) is 11.3. The first-order valence-corrected chi connectivity index (χ1v) is 17.2. The maximum atomic E-state index is 14.9. The van der Waals surface area contributed by atoms with Crippen LogP contribution in [0.4, 0.5) is 14.6 Å². The Morgan fingerprint density at radius 1 is 1.12 bits per heavy atom. The van der Waals surface area contributed by atoms with Crippen LogP contribution in [0, 0.1) is 18.2 Å². The number of carbonyl (C=O) groups excluding carboxylic acids is 1. The third kappa shape index (κ3) is 4.94. The molecule has 1 aliphatic carbocycles. The molecule has 11 nitrogen and oxygen atoms in total. The molecule has 254 valence electrons. The summed E-state index contributed by atoms with van der Waals surface area (Å²) in [6, 6.07) is 6.14. The van der Waals surface area contributed by atoms with E-state index >= 15 is 0 Å². The highest BCUT2D eigenvalue weighted by atomic mass is 19.1. The number of amides is 1. The number of benzene rings is 2. The van der Waals surface area contributed by atoms with E-state index in [2.05, 4.69) is 21.0 Å². The Kier molecular flexibility index (Phi) is 6.92. The van der Waals surface area contributed by atoms with Gasteiger partial charge in [0.1, 0.15) is 35.6 Å². The van der Waals surface area contributed by atoms with Gasteiger partial charge in [-0.3, -0.25) is 14.3 Å². The quantitative estimate of drug-likeness (QED) is 0.204. The molecule has 1 saturated carbocycles. The smallest absolute Gasteiger partial charge is 0.320 e. The Morgan fingerprint density at radius 2 is 1.96 bits per heavy atom. The van der Waals surface area contributed by atoms with Gasteiger partial charge in [0.2, 0.25) is 5.91 Å². The minimum atomic E-state index is -0.889. The molecule has 9 rings (SSSR count). The van der Waals surface area contributed by atoms with Gasteiger partial charge in [-0.15, -0.1) is 6.42 Å². The van der Waals surface area contributed by atoms with E-state index in [0.29, 0.717) is 60.2 Å². The number of aromatic nitrogens is 4.